The third kappa shape index (κ3) is 48.7. The van der Waals surface area contributed by atoms with Crippen molar-refractivity contribution in [3.05, 3.63) is 122 Å². The van der Waals surface area contributed by atoms with E-state index in [1.165, 1.54) is 83.5 Å². The minimum absolute atomic E-state index is 0.0309. The molecule has 0 aromatic rings. The largest absolute Gasteiger partial charge is 0.462 e. The average Bonchev–Trinajstić information content (AvgIpc) is 3.33. The molecule has 0 aliphatic rings. The first-order valence-electron chi connectivity index (χ1n) is 27.9. The Bertz CT molecular complexity index is 1430. The van der Waals surface area contributed by atoms with Crippen molar-refractivity contribution in [3.8, 4) is 0 Å². The summed E-state index contributed by atoms with van der Waals surface area (Å²) in [6.07, 6.45) is 75.3. The van der Waals surface area contributed by atoms with Gasteiger partial charge in [0.15, 0.2) is 0 Å². The maximum absolute atomic E-state index is 13.3. The number of carbonyl (C=O) groups is 2. The quantitative estimate of drug-likeness (QED) is 0.0321. The monoisotopic (exact) mass is 942 g/mol. The third-order valence-corrected chi connectivity index (χ3v) is 12.0. The Morgan fingerprint density at radius 3 is 1.21 bits per heavy atom. The average molecular weight is 943 g/mol. The van der Waals surface area contributed by atoms with Crippen LogP contribution in [-0.4, -0.2) is 46.9 Å². The lowest BCUT2D eigenvalue weighted by molar-refractivity contribution is -0.151. The van der Waals surface area contributed by atoms with E-state index in [1.54, 1.807) is 0 Å². The number of amides is 1. The first-order chi connectivity index (χ1) is 33.5. The second-order valence-corrected chi connectivity index (χ2v) is 18.5. The van der Waals surface area contributed by atoms with E-state index in [1.807, 2.05) is 60.8 Å². The molecule has 0 bridgehead atoms. The number of hydrogen-bond acceptors (Lipinski definition) is 5. The highest BCUT2D eigenvalue weighted by Crippen LogP contribution is 2.17. The zero-order valence-electron chi connectivity index (χ0n) is 43.9. The summed E-state index contributed by atoms with van der Waals surface area (Å²) in [7, 11) is 0. The molecule has 0 aromatic carbocycles. The van der Waals surface area contributed by atoms with Gasteiger partial charge in [-0.3, -0.25) is 9.59 Å². The highest BCUT2D eigenvalue weighted by atomic mass is 16.5. The van der Waals surface area contributed by atoms with Crippen molar-refractivity contribution >= 4 is 11.9 Å². The van der Waals surface area contributed by atoms with E-state index in [4.69, 9.17) is 4.74 Å². The molecule has 0 saturated heterocycles. The molecule has 3 N–H and O–H groups in total. The molecule has 1 amide bonds. The number of rotatable bonds is 48. The van der Waals surface area contributed by atoms with Gasteiger partial charge in [-0.2, -0.15) is 0 Å². The second-order valence-electron chi connectivity index (χ2n) is 18.5. The van der Waals surface area contributed by atoms with Gasteiger partial charge in [-0.1, -0.05) is 277 Å². The number of allylic oxidation sites excluding steroid dienone is 20. The first-order valence-corrected chi connectivity index (χ1v) is 27.9. The summed E-state index contributed by atoms with van der Waals surface area (Å²) in [5.41, 5.74) is 0. The van der Waals surface area contributed by atoms with Crippen LogP contribution in [0.1, 0.15) is 233 Å². The Kier molecular flexibility index (Phi) is 51.2. The third-order valence-electron chi connectivity index (χ3n) is 12.0. The molecule has 0 rings (SSSR count). The highest BCUT2D eigenvalue weighted by Gasteiger charge is 2.24. The molecule has 0 spiro atoms. The number of nitrogens with one attached hydrogen (secondary N) is 1. The van der Waals surface area contributed by atoms with Gasteiger partial charge in [-0.05, 0) is 64.2 Å². The Morgan fingerprint density at radius 2 is 0.779 bits per heavy atom. The number of esters is 1. The summed E-state index contributed by atoms with van der Waals surface area (Å²) in [6, 6.07) is -0.731. The minimum atomic E-state index is -0.814. The van der Waals surface area contributed by atoms with Crippen LogP contribution in [0.3, 0.4) is 0 Å². The smallest absolute Gasteiger partial charge is 0.306 e. The van der Waals surface area contributed by atoms with E-state index in [0.29, 0.717) is 19.3 Å². The van der Waals surface area contributed by atoms with Crippen molar-refractivity contribution < 1.29 is 24.5 Å². The number of hydrogen-bond donors (Lipinski definition) is 3. The molecule has 0 aliphatic carbocycles. The summed E-state index contributed by atoms with van der Waals surface area (Å²) in [5.74, 6) is -0.553. The molecule has 0 radical (unpaired) electrons. The molecular weight excluding hydrogens is 839 g/mol. The van der Waals surface area contributed by atoms with Gasteiger partial charge in [0.1, 0.15) is 6.10 Å². The molecule has 68 heavy (non-hydrogen) atoms. The van der Waals surface area contributed by atoms with Gasteiger partial charge in [-0.15, -0.1) is 0 Å². The summed E-state index contributed by atoms with van der Waals surface area (Å²) in [4.78, 5) is 26.3. The van der Waals surface area contributed by atoms with Crippen LogP contribution in [0.15, 0.2) is 122 Å². The first kappa shape index (κ1) is 64.3. The maximum atomic E-state index is 13.3. The van der Waals surface area contributed by atoms with Gasteiger partial charge in [0.05, 0.1) is 25.2 Å². The van der Waals surface area contributed by atoms with Crippen molar-refractivity contribution in [2.45, 2.75) is 251 Å². The molecule has 0 aliphatic heterocycles. The van der Waals surface area contributed by atoms with Crippen LogP contribution in [0.5, 0.6) is 0 Å². The van der Waals surface area contributed by atoms with Gasteiger partial charge in [0.2, 0.25) is 5.91 Å². The summed E-state index contributed by atoms with van der Waals surface area (Å²) in [5, 5.41) is 23.9. The molecule has 3 unspecified atom stereocenters. The molecule has 6 heteroatoms. The Labute approximate surface area is 419 Å². The topological polar surface area (TPSA) is 95.9 Å². The Morgan fingerprint density at radius 1 is 0.426 bits per heavy atom. The van der Waals surface area contributed by atoms with Gasteiger partial charge >= 0.3 is 5.97 Å². The Hall–Kier alpha value is -3.74. The van der Waals surface area contributed by atoms with Crippen molar-refractivity contribution in [1.82, 2.24) is 5.32 Å². The fourth-order valence-electron chi connectivity index (χ4n) is 7.78. The summed E-state index contributed by atoms with van der Waals surface area (Å²) in [6.45, 7) is 6.29. The molecule has 0 saturated carbocycles. The zero-order valence-corrected chi connectivity index (χ0v) is 43.9. The van der Waals surface area contributed by atoms with Crippen molar-refractivity contribution in [2.75, 3.05) is 6.61 Å². The van der Waals surface area contributed by atoms with Crippen LogP contribution in [0, 0.1) is 0 Å². The van der Waals surface area contributed by atoms with E-state index in [9.17, 15) is 19.8 Å². The van der Waals surface area contributed by atoms with Gasteiger partial charge in [-0.25, -0.2) is 0 Å². The molecule has 386 valence electrons. The molecule has 0 aromatic heterocycles. The van der Waals surface area contributed by atoms with E-state index in [-0.39, 0.29) is 24.9 Å². The second kappa shape index (κ2) is 54.2. The summed E-state index contributed by atoms with van der Waals surface area (Å²) >= 11 is 0. The Balaban J connectivity index is 4.74. The van der Waals surface area contributed by atoms with E-state index >= 15 is 0 Å². The van der Waals surface area contributed by atoms with E-state index in [2.05, 4.69) is 86.8 Å². The lowest BCUT2D eigenvalue weighted by Gasteiger charge is -2.24. The molecule has 0 fully saturated rings. The maximum Gasteiger partial charge on any atom is 0.306 e. The van der Waals surface area contributed by atoms with Crippen LogP contribution in [0.25, 0.3) is 0 Å². The number of carbonyl (C=O) groups excluding carboxylic acids is 2. The number of ether oxygens (including phenoxy) is 1. The molecule has 0 heterocycles. The minimum Gasteiger partial charge on any atom is -0.462 e. The highest BCUT2D eigenvalue weighted by molar-refractivity contribution is 5.77. The normalized spacial score (nSPS) is 14.1. The lowest BCUT2D eigenvalue weighted by atomic mass is 10.0. The zero-order chi connectivity index (χ0) is 49.5. The predicted molar refractivity (Wildman–Crippen MR) is 296 cm³/mol. The number of unbranched alkanes of at least 4 members (excludes halogenated alkanes) is 24. The molecular formula is C62H103NO5. The lowest BCUT2D eigenvalue weighted by Crippen LogP contribution is -2.46. The van der Waals surface area contributed by atoms with Gasteiger partial charge in [0.25, 0.3) is 0 Å². The van der Waals surface area contributed by atoms with Crippen molar-refractivity contribution in [1.29, 1.82) is 0 Å². The number of aliphatic hydroxyl groups excluding tert-OH is 2. The SMILES string of the molecule is CCC/C=C/C=C/C=C/C=C/C=C/CCCCCCCC(=O)OC(CCCCC/C=C/C=C/C=C/C=C/C=C/CCC)CC(=O)NC(CO)C(O)CCCCCCCCCCCCCCCCC. The van der Waals surface area contributed by atoms with Gasteiger partial charge < -0.3 is 20.3 Å². The standard InChI is InChI=1S/C62H103NO5/c1-4-7-10-13-16-19-22-25-28-30-31-34-37-40-43-46-49-52-55-62(67)68-58(53-50-47-44-41-38-35-33-29-26-23-20-17-14-11-8-5-2)56-61(66)63-59(57-64)60(65)54-51-48-45-42-39-36-32-27-24-21-18-15-12-9-6-3/h10-11,13-14,16-17,19-20,22-23,25-26,28-31,33-35,38,58-60,64-65H,4-9,12,15,18,21,24,27,32,36-37,39-57H2,1-3H3,(H,63,66)/b13-10+,14-11+,19-16+,20-17+,25-22+,26-23+,30-28+,33-29+,34-31+,38-35+. The van der Waals surface area contributed by atoms with Crippen molar-refractivity contribution in [3.63, 3.8) is 0 Å². The fourth-order valence-corrected chi connectivity index (χ4v) is 7.78. The van der Waals surface area contributed by atoms with Crippen LogP contribution >= 0.6 is 0 Å². The van der Waals surface area contributed by atoms with Crippen LogP contribution in [-0.2, 0) is 14.3 Å². The molecule has 3 atom stereocenters. The van der Waals surface area contributed by atoms with Gasteiger partial charge in [0, 0.05) is 6.42 Å². The predicted octanol–water partition coefficient (Wildman–Crippen LogP) is 17.2. The van der Waals surface area contributed by atoms with Crippen LogP contribution in [0.2, 0.25) is 0 Å². The fraction of sp³-hybridized carbons (Fsp3) is 0.645. The molecule has 6 nitrogen and oxygen atoms in total. The van der Waals surface area contributed by atoms with Crippen LogP contribution < -0.4 is 5.32 Å². The number of aliphatic hydroxyl groups is 2. The van der Waals surface area contributed by atoms with E-state index < -0.39 is 18.2 Å². The van der Waals surface area contributed by atoms with Crippen LogP contribution in [0.4, 0.5) is 0 Å². The summed E-state index contributed by atoms with van der Waals surface area (Å²) < 4.78 is 5.92. The van der Waals surface area contributed by atoms with E-state index in [0.717, 1.165) is 103 Å². The van der Waals surface area contributed by atoms with Crippen molar-refractivity contribution in [2.24, 2.45) is 0 Å².